The molecule has 2 heterocycles. The molecule has 0 bridgehead atoms. The summed E-state index contributed by atoms with van der Waals surface area (Å²) in [5.41, 5.74) is 3.66. The molecule has 0 saturated carbocycles. The molecule has 3 rings (SSSR count). The molecule has 0 radical (unpaired) electrons. The van der Waals surface area contributed by atoms with Crippen molar-refractivity contribution < 1.29 is 0 Å². The number of hydrogen-bond donors (Lipinski definition) is 1. The van der Waals surface area contributed by atoms with E-state index in [4.69, 9.17) is 4.98 Å². The van der Waals surface area contributed by atoms with Crippen LogP contribution in [0.3, 0.4) is 0 Å². The number of anilines is 1. The van der Waals surface area contributed by atoms with Gasteiger partial charge in [-0.3, -0.25) is 0 Å². The Labute approximate surface area is 119 Å². The number of piperazine rings is 1. The van der Waals surface area contributed by atoms with Gasteiger partial charge in [-0.1, -0.05) is 29.8 Å². The second kappa shape index (κ2) is 6.01. The maximum Gasteiger partial charge on any atom is 0.225 e. The van der Waals surface area contributed by atoms with Crippen molar-refractivity contribution in [3.63, 3.8) is 0 Å². The predicted molar refractivity (Wildman–Crippen MR) is 81.1 cm³/mol. The molecular weight excluding hydrogens is 248 g/mol. The van der Waals surface area contributed by atoms with Crippen LogP contribution in [-0.2, 0) is 6.42 Å². The number of nitrogens with zero attached hydrogens (tertiary/aromatic N) is 3. The van der Waals surface area contributed by atoms with Crippen molar-refractivity contribution in [1.29, 1.82) is 0 Å². The fraction of sp³-hybridized carbons (Fsp3) is 0.375. The lowest BCUT2D eigenvalue weighted by atomic mass is 10.1. The van der Waals surface area contributed by atoms with Gasteiger partial charge < -0.3 is 10.2 Å². The van der Waals surface area contributed by atoms with Gasteiger partial charge in [0.05, 0.1) is 5.69 Å². The molecule has 0 aliphatic carbocycles. The standard InChI is InChI=1S/C16H20N4/c1-13-2-4-14(5-3-13)12-15-6-7-18-16(19-15)20-10-8-17-9-11-20/h2-7,17H,8-12H2,1H3. The smallest absolute Gasteiger partial charge is 0.225 e. The molecule has 2 aromatic rings. The van der Waals surface area contributed by atoms with Crippen molar-refractivity contribution >= 4 is 5.95 Å². The minimum atomic E-state index is 0.858. The van der Waals surface area contributed by atoms with Gasteiger partial charge in [-0.25, -0.2) is 9.97 Å². The Balaban J connectivity index is 1.75. The first-order valence-electron chi connectivity index (χ1n) is 7.14. The van der Waals surface area contributed by atoms with E-state index in [9.17, 15) is 0 Å². The monoisotopic (exact) mass is 268 g/mol. The molecule has 1 aliphatic heterocycles. The zero-order valence-electron chi connectivity index (χ0n) is 11.8. The summed E-state index contributed by atoms with van der Waals surface area (Å²) >= 11 is 0. The topological polar surface area (TPSA) is 41.1 Å². The van der Waals surface area contributed by atoms with Crippen molar-refractivity contribution in [2.45, 2.75) is 13.3 Å². The van der Waals surface area contributed by atoms with E-state index in [1.807, 2.05) is 12.3 Å². The van der Waals surface area contributed by atoms with Crippen LogP contribution in [0.25, 0.3) is 0 Å². The Bertz CT molecular complexity index is 559. The highest BCUT2D eigenvalue weighted by Gasteiger charge is 2.13. The van der Waals surface area contributed by atoms with Crippen molar-refractivity contribution in [3.8, 4) is 0 Å². The third-order valence-corrected chi connectivity index (χ3v) is 3.61. The summed E-state index contributed by atoms with van der Waals surface area (Å²) < 4.78 is 0. The Morgan fingerprint density at radius 1 is 1.10 bits per heavy atom. The molecule has 104 valence electrons. The van der Waals surface area contributed by atoms with Crippen LogP contribution < -0.4 is 10.2 Å². The van der Waals surface area contributed by atoms with E-state index in [2.05, 4.69) is 46.4 Å². The third kappa shape index (κ3) is 3.14. The highest BCUT2D eigenvalue weighted by atomic mass is 15.3. The average Bonchev–Trinajstić information content (AvgIpc) is 2.51. The fourth-order valence-corrected chi connectivity index (χ4v) is 2.42. The highest BCUT2D eigenvalue weighted by Crippen LogP contribution is 2.12. The van der Waals surface area contributed by atoms with Crippen LogP contribution in [0, 0.1) is 6.92 Å². The Morgan fingerprint density at radius 3 is 2.60 bits per heavy atom. The van der Waals surface area contributed by atoms with E-state index in [1.54, 1.807) is 0 Å². The molecule has 1 N–H and O–H groups in total. The Kier molecular flexibility index (Phi) is 3.92. The van der Waals surface area contributed by atoms with E-state index in [1.165, 1.54) is 11.1 Å². The first-order valence-corrected chi connectivity index (χ1v) is 7.14. The molecular formula is C16H20N4. The van der Waals surface area contributed by atoms with Gasteiger partial charge in [0.25, 0.3) is 0 Å². The zero-order valence-corrected chi connectivity index (χ0v) is 11.8. The van der Waals surface area contributed by atoms with Crippen molar-refractivity contribution in [1.82, 2.24) is 15.3 Å². The second-order valence-electron chi connectivity index (χ2n) is 5.25. The van der Waals surface area contributed by atoms with E-state index in [0.717, 1.165) is 44.2 Å². The maximum atomic E-state index is 4.70. The molecule has 0 amide bonds. The van der Waals surface area contributed by atoms with Crippen molar-refractivity contribution in [2.75, 3.05) is 31.1 Å². The molecule has 1 aromatic carbocycles. The van der Waals surface area contributed by atoms with E-state index in [-0.39, 0.29) is 0 Å². The fourth-order valence-electron chi connectivity index (χ4n) is 2.42. The first-order chi connectivity index (χ1) is 9.81. The van der Waals surface area contributed by atoms with Gasteiger partial charge in [0, 0.05) is 38.8 Å². The lowest BCUT2D eigenvalue weighted by molar-refractivity contribution is 0.579. The highest BCUT2D eigenvalue weighted by molar-refractivity contribution is 5.33. The first kappa shape index (κ1) is 13.1. The van der Waals surface area contributed by atoms with E-state index in [0.29, 0.717) is 0 Å². The van der Waals surface area contributed by atoms with Gasteiger partial charge in [0.15, 0.2) is 0 Å². The number of benzene rings is 1. The molecule has 4 nitrogen and oxygen atoms in total. The van der Waals surface area contributed by atoms with Crippen molar-refractivity contribution in [3.05, 3.63) is 53.3 Å². The quantitative estimate of drug-likeness (QED) is 0.921. The largest absolute Gasteiger partial charge is 0.338 e. The molecule has 1 fully saturated rings. The van der Waals surface area contributed by atoms with Crippen LogP contribution in [0.2, 0.25) is 0 Å². The zero-order chi connectivity index (χ0) is 13.8. The molecule has 1 saturated heterocycles. The summed E-state index contributed by atoms with van der Waals surface area (Å²) in [4.78, 5) is 11.4. The van der Waals surface area contributed by atoms with Crippen LogP contribution in [-0.4, -0.2) is 36.1 Å². The summed E-state index contributed by atoms with van der Waals surface area (Å²) in [5.74, 6) is 0.858. The minimum Gasteiger partial charge on any atom is -0.338 e. The van der Waals surface area contributed by atoms with Crippen LogP contribution in [0.5, 0.6) is 0 Å². The van der Waals surface area contributed by atoms with Gasteiger partial charge in [-0.15, -0.1) is 0 Å². The normalized spacial score (nSPS) is 15.3. The molecule has 0 spiro atoms. The van der Waals surface area contributed by atoms with Crippen LogP contribution in [0.1, 0.15) is 16.8 Å². The molecule has 0 unspecified atom stereocenters. The lowest BCUT2D eigenvalue weighted by Gasteiger charge is -2.27. The SMILES string of the molecule is Cc1ccc(Cc2ccnc(N3CCNCC3)n2)cc1. The Hall–Kier alpha value is -1.94. The van der Waals surface area contributed by atoms with Crippen molar-refractivity contribution in [2.24, 2.45) is 0 Å². The van der Waals surface area contributed by atoms with Crippen LogP contribution in [0.4, 0.5) is 5.95 Å². The summed E-state index contributed by atoms with van der Waals surface area (Å²) in [6, 6.07) is 10.6. The molecule has 20 heavy (non-hydrogen) atoms. The Morgan fingerprint density at radius 2 is 1.85 bits per heavy atom. The average molecular weight is 268 g/mol. The van der Waals surface area contributed by atoms with E-state index >= 15 is 0 Å². The lowest BCUT2D eigenvalue weighted by Crippen LogP contribution is -2.44. The van der Waals surface area contributed by atoms with Gasteiger partial charge >= 0.3 is 0 Å². The van der Waals surface area contributed by atoms with Gasteiger partial charge in [-0.2, -0.15) is 0 Å². The number of nitrogens with one attached hydrogen (secondary N) is 1. The van der Waals surface area contributed by atoms with E-state index < -0.39 is 0 Å². The third-order valence-electron chi connectivity index (χ3n) is 3.61. The minimum absolute atomic E-state index is 0.858. The van der Waals surface area contributed by atoms with Crippen LogP contribution >= 0.6 is 0 Å². The maximum absolute atomic E-state index is 4.70. The molecule has 1 aliphatic rings. The van der Waals surface area contributed by atoms with Crippen LogP contribution in [0.15, 0.2) is 36.5 Å². The molecule has 4 heteroatoms. The summed E-state index contributed by atoms with van der Waals surface area (Å²) in [6.45, 7) is 6.08. The number of rotatable bonds is 3. The summed E-state index contributed by atoms with van der Waals surface area (Å²) in [7, 11) is 0. The molecule has 0 atom stereocenters. The van der Waals surface area contributed by atoms with Gasteiger partial charge in [0.1, 0.15) is 0 Å². The summed E-state index contributed by atoms with van der Waals surface area (Å²) in [5, 5.41) is 3.35. The van der Waals surface area contributed by atoms with Gasteiger partial charge in [0.2, 0.25) is 5.95 Å². The second-order valence-corrected chi connectivity index (χ2v) is 5.25. The predicted octanol–water partition coefficient (Wildman–Crippen LogP) is 1.79. The number of aryl methyl sites for hydroxylation is 1. The molecule has 1 aromatic heterocycles. The van der Waals surface area contributed by atoms with Gasteiger partial charge in [-0.05, 0) is 18.6 Å². The number of aromatic nitrogens is 2. The number of hydrogen-bond acceptors (Lipinski definition) is 4. The summed E-state index contributed by atoms with van der Waals surface area (Å²) in [6.07, 6.45) is 2.73.